The van der Waals surface area contributed by atoms with Crippen molar-refractivity contribution in [2.45, 2.75) is 12.5 Å². The molecule has 2 N–H and O–H groups in total. The maximum absolute atomic E-state index is 14.9. The third-order valence-corrected chi connectivity index (χ3v) is 6.03. The smallest absolute Gasteiger partial charge is 0.254 e. The van der Waals surface area contributed by atoms with Gasteiger partial charge in [-0.1, -0.05) is 11.2 Å². The van der Waals surface area contributed by atoms with Crippen LogP contribution in [0.15, 0.2) is 65.6 Å². The Morgan fingerprint density at radius 1 is 1.14 bits per heavy atom. The van der Waals surface area contributed by atoms with Crippen molar-refractivity contribution in [3.63, 3.8) is 0 Å². The summed E-state index contributed by atoms with van der Waals surface area (Å²) >= 11 is 0. The van der Waals surface area contributed by atoms with E-state index in [1.54, 1.807) is 58.4 Å². The van der Waals surface area contributed by atoms with Crippen molar-refractivity contribution < 1.29 is 13.7 Å². The molecular weight excluding hydrogens is 451 g/mol. The predicted octanol–water partition coefficient (Wildman–Crippen LogP) is 2.89. The molecule has 0 bridgehead atoms. The molecule has 0 spiro atoms. The summed E-state index contributed by atoms with van der Waals surface area (Å²) in [5.41, 5.74) is 8.17. The summed E-state index contributed by atoms with van der Waals surface area (Å²) in [6, 6.07) is 11.6. The van der Waals surface area contributed by atoms with E-state index >= 15 is 0 Å². The number of anilines is 1. The zero-order valence-corrected chi connectivity index (χ0v) is 18.4. The fourth-order valence-electron chi connectivity index (χ4n) is 4.27. The van der Waals surface area contributed by atoms with Crippen molar-refractivity contribution in [3.8, 4) is 11.4 Å². The van der Waals surface area contributed by atoms with Gasteiger partial charge in [0, 0.05) is 48.7 Å². The van der Waals surface area contributed by atoms with E-state index in [9.17, 15) is 9.18 Å². The molecule has 0 saturated carbocycles. The second-order valence-corrected chi connectivity index (χ2v) is 8.30. The largest absolute Gasteiger partial charge is 0.384 e. The van der Waals surface area contributed by atoms with Crippen LogP contribution in [0.3, 0.4) is 0 Å². The second kappa shape index (κ2) is 8.28. The van der Waals surface area contributed by atoms with Crippen LogP contribution in [-0.2, 0) is 6.54 Å². The minimum atomic E-state index is -0.363. The number of benzene rings is 1. The van der Waals surface area contributed by atoms with E-state index in [1.165, 1.54) is 12.3 Å². The van der Waals surface area contributed by atoms with Crippen LogP contribution in [0.2, 0.25) is 0 Å². The monoisotopic (exact) mass is 470 g/mol. The van der Waals surface area contributed by atoms with Crippen LogP contribution in [0, 0.1) is 5.82 Å². The van der Waals surface area contributed by atoms with Crippen molar-refractivity contribution in [3.05, 3.63) is 84.0 Å². The van der Waals surface area contributed by atoms with Gasteiger partial charge in [0.25, 0.3) is 5.91 Å². The molecule has 4 aromatic heterocycles. The Hall–Kier alpha value is -4.67. The molecule has 5 heterocycles. The molecule has 1 amide bonds. The van der Waals surface area contributed by atoms with E-state index in [1.807, 2.05) is 0 Å². The van der Waals surface area contributed by atoms with Gasteiger partial charge in [0.05, 0.1) is 16.6 Å². The lowest BCUT2D eigenvalue weighted by Crippen LogP contribution is -2.48. The number of hydrogen-bond donors (Lipinski definition) is 1. The molecule has 35 heavy (non-hydrogen) atoms. The standard InChI is InChI=1S/C24H19FN8O2/c25-17-2-1-3-18-21(17)22(16-11-32(12-16)24(34)15-6-9-28-19(26)10-15)30-33(18)13-20-29-23(31-35-20)14-4-7-27-8-5-14/h1-10,16H,11-13H2,(H2,26,28). The van der Waals surface area contributed by atoms with E-state index in [-0.39, 0.29) is 30.0 Å². The lowest BCUT2D eigenvalue weighted by atomic mass is 9.93. The van der Waals surface area contributed by atoms with Gasteiger partial charge in [-0.3, -0.25) is 14.5 Å². The van der Waals surface area contributed by atoms with E-state index in [2.05, 4.69) is 20.1 Å². The number of hydrogen-bond acceptors (Lipinski definition) is 8. The average Bonchev–Trinajstić information content (AvgIpc) is 3.45. The van der Waals surface area contributed by atoms with E-state index in [0.717, 1.165) is 5.56 Å². The highest BCUT2D eigenvalue weighted by molar-refractivity contribution is 5.95. The highest BCUT2D eigenvalue weighted by Crippen LogP contribution is 2.34. The molecule has 1 aliphatic rings. The maximum atomic E-state index is 14.9. The minimum absolute atomic E-state index is 0.103. The Bertz CT molecular complexity index is 1540. The van der Waals surface area contributed by atoms with Crippen molar-refractivity contribution >= 4 is 22.6 Å². The number of halogens is 1. The summed E-state index contributed by atoms with van der Waals surface area (Å²) in [4.78, 5) is 26.8. The Labute approximate surface area is 198 Å². The van der Waals surface area contributed by atoms with Crippen LogP contribution >= 0.6 is 0 Å². The van der Waals surface area contributed by atoms with Gasteiger partial charge >= 0.3 is 0 Å². The quantitative estimate of drug-likeness (QED) is 0.415. The molecule has 174 valence electrons. The van der Waals surface area contributed by atoms with Gasteiger partial charge < -0.3 is 15.2 Å². The van der Waals surface area contributed by atoms with Gasteiger partial charge in [-0.15, -0.1) is 0 Å². The molecule has 0 atom stereocenters. The number of nitrogens with two attached hydrogens (primary N) is 1. The van der Waals surface area contributed by atoms with Gasteiger partial charge in [-0.05, 0) is 36.4 Å². The molecule has 0 radical (unpaired) electrons. The number of nitrogen functional groups attached to an aromatic ring is 1. The SMILES string of the molecule is Nc1cc(C(=O)N2CC(c3nn(Cc4nc(-c5ccncc5)no4)c4cccc(F)c34)C2)ccn1. The van der Waals surface area contributed by atoms with Gasteiger partial charge in [0.15, 0.2) is 0 Å². The zero-order chi connectivity index (χ0) is 23.9. The van der Waals surface area contributed by atoms with Gasteiger partial charge in [-0.25, -0.2) is 9.37 Å². The number of carbonyl (C=O) groups is 1. The molecule has 1 fully saturated rings. The fourth-order valence-corrected chi connectivity index (χ4v) is 4.27. The third-order valence-electron chi connectivity index (χ3n) is 6.03. The molecule has 11 heteroatoms. The summed E-state index contributed by atoms with van der Waals surface area (Å²) in [5, 5.41) is 9.16. The van der Waals surface area contributed by atoms with Crippen molar-refractivity contribution in [2.24, 2.45) is 0 Å². The number of amides is 1. The van der Waals surface area contributed by atoms with Crippen molar-refractivity contribution in [1.82, 2.24) is 34.8 Å². The van der Waals surface area contributed by atoms with Crippen LogP contribution in [-0.4, -0.2) is 53.8 Å². The number of rotatable bonds is 5. The molecule has 6 rings (SSSR count). The van der Waals surface area contributed by atoms with Crippen molar-refractivity contribution in [1.29, 1.82) is 0 Å². The van der Waals surface area contributed by atoms with E-state index in [0.29, 0.717) is 47.0 Å². The van der Waals surface area contributed by atoms with Crippen LogP contribution in [0.25, 0.3) is 22.3 Å². The molecule has 1 aromatic carbocycles. The third kappa shape index (κ3) is 3.76. The first kappa shape index (κ1) is 20.9. The minimum Gasteiger partial charge on any atom is -0.384 e. The normalized spacial score (nSPS) is 13.8. The fraction of sp³-hybridized carbons (Fsp3) is 0.167. The summed E-state index contributed by atoms with van der Waals surface area (Å²) in [5.74, 6) is 0.460. The molecular formula is C24H19FN8O2. The first-order valence-electron chi connectivity index (χ1n) is 11.0. The Morgan fingerprint density at radius 2 is 1.97 bits per heavy atom. The van der Waals surface area contributed by atoms with Gasteiger partial charge in [0.1, 0.15) is 18.2 Å². The Kier molecular flexibility index (Phi) is 4.94. The zero-order valence-electron chi connectivity index (χ0n) is 18.4. The molecule has 10 nitrogen and oxygen atoms in total. The first-order chi connectivity index (χ1) is 17.1. The molecule has 5 aromatic rings. The summed E-state index contributed by atoms with van der Waals surface area (Å²) in [7, 11) is 0. The lowest BCUT2D eigenvalue weighted by molar-refractivity contribution is 0.0599. The Balaban J connectivity index is 1.26. The van der Waals surface area contributed by atoms with Crippen molar-refractivity contribution in [2.75, 3.05) is 18.8 Å². The number of fused-ring (bicyclic) bond motifs is 1. The number of aromatic nitrogens is 6. The van der Waals surface area contributed by atoms with Crippen LogP contribution in [0.1, 0.15) is 27.9 Å². The van der Waals surface area contributed by atoms with Crippen LogP contribution in [0.4, 0.5) is 10.2 Å². The van der Waals surface area contributed by atoms with E-state index < -0.39 is 0 Å². The second-order valence-electron chi connectivity index (χ2n) is 8.30. The highest BCUT2D eigenvalue weighted by Gasteiger charge is 2.36. The van der Waals surface area contributed by atoms with Crippen LogP contribution in [0.5, 0.6) is 0 Å². The number of likely N-dealkylation sites (tertiary alicyclic amines) is 1. The van der Waals surface area contributed by atoms with Gasteiger partial charge in [0.2, 0.25) is 11.7 Å². The predicted molar refractivity (Wildman–Crippen MR) is 124 cm³/mol. The molecule has 1 aliphatic heterocycles. The lowest BCUT2D eigenvalue weighted by Gasteiger charge is -2.38. The summed E-state index contributed by atoms with van der Waals surface area (Å²) < 4.78 is 22.0. The number of nitrogens with zero attached hydrogens (tertiary/aromatic N) is 7. The summed E-state index contributed by atoms with van der Waals surface area (Å²) in [6.45, 7) is 1.03. The first-order valence-corrected chi connectivity index (χ1v) is 11.0. The Morgan fingerprint density at radius 3 is 2.77 bits per heavy atom. The van der Waals surface area contributed by atoms with E-state index in [4.69, 9.17) is 15.4 Å². The number of carbonyl (C=O) groups excluding carboxylic acids is 1. The average molecular weight is 470 g/mol. The van der Waals surface area contributed by atoms with Crippen LogP contribution < -0.4 is 5.73 Å². The molecule has 0 unspecified atom stereocenters. The topological polar surface area (TPSA) is 129 Å². The summed E-state index contributed by atoms with van der Waals surface area (Å²) in [6.07, 6.45) is 4.80. The molecule has 1 saturated heterocycles. The molecule has 0 aliphatic carbocycles. The number of pyridine rings is 2. The maximum Gasteiger partial charge on any atom is 0.254 e. The van der Waals surface area contributed by atoms with Gasteiger partial charge in [-0.2, -0.15) is 10.1 Å². The highest BCUT2D eigenvalue weighted by atomic mass is 19.1.